The normalized spacial score (nSPS) is 17.8. The van der Waals surface area contributed by atoms with Gasteiger partial charge in [-0.25, -0.2) is 4.39 Å². The van der Waals surface area contributed by atoms with Crippen LogP contribution in [0.1, 0.15) is 12.8 Å². The van der Waals surface area contributed by atoms with Gasteiger partial charge in [-0.2, -0.15) is 13.2 Å². The standard InChI is InChI=1S/C12H13ClF4N2/c13-8-5-10(18)11(6-9(8)14)19-3-1-7(2-4-19)12(15,16)17/h5-7H,1-4,18H2. The van der Waals surface area contributed by atoms with Crippen LogP contribution in [0.5, 0.6) is 0 Å². The van der Waals surface area contributed by atoms with Gasteiger partial charge in [-0.3, -0.25) is 0 Å². The van der Waals surface area contributed by atoms with Crippen LogP contribution in [0.15, 0.2) is 12.1 Å². The molecule has 19 heavy (non-hydrogen) atoms. The summed E-state index contributed by atoms with van der Waals surface area (Å²) in [4.78, 5) is 1.66. The van der Waals surface area contributed by atoms with Gasteiger partial charge in [-0.1, -0.05) is 11.6 Å². The van der Waals surface area contributed by atoms with Crippen LogP contribution in [0.25, 0.3) is 0 Å². The zero-order chi connectivity index (χ0) is 14.2. The largest absolute Gasteiger partial charge is 0.397 e. The number of piperidine rings is 1. The van der Waals surface area contributed by atoms with Crippen LogP contribution in [0.4, 0.5) is 28.9 Å². The lowest BCUT2D eigenvalue weighted by molar-refractivity contribution is -0.179. The van der Waals surface area contributed by atoms with E-state index in [1.54, 1.807) is 4.90 Å². The molecular formula is C12H13ClF4N2. The van der Waals surface area contributed by atoms with Crippen molar-refractivity contribution in [3.05, 3.63) is 23.0 Å². The maximum Gasteiger partial charge on any atom is 0.391 e. The van der Waals surface area contributed by atoms with Gasteiger partial charge in [-0.05, 0) is 18.9 Å². The molecule has 1 heterocycles. The molecule has 1 aromatic rings. The van der Waals surface area contributed by atoms with E-state index in [2.05, 4.69) is 0 Å². The molecule has 0 bridgehead atoms. The molecule has 1 aliphatic heterocycles. The third-order valence-corrected chi connectivity index (χ3v) is 3.66. The number of anilines is 2. The highest BCUT2D eigenvalue weighted by molar-refractivity contribution is 6.31. The van der Waals surface area contributed by atoms with Crippen molar-refractivity contribution in [2.45, 2.75) is 19.0 Å². The summed E-state index contributed by atoms with van der Waals surface area (Å²) in [5.41, 5.74) is 6.41. The van der Waals surface area contributed by atoms with E-state index in [1.807, 2.05) is 0 Å². The first kappa shape index (κ1) is 14.2. The van der Waals surface area contributed by atoms with Gasteiger partial charge in [0.2, 0.25) is 0 Å². The van der Waals surface area contributed by atoms with E-state index >= 15 is 0 Å². The van der Waals surface area contributed by atoms with Gasteiger partial charge in [0, 0.05) is 19.2 Å². The van der Waals surface area contributed by atoms with Crippen LogP contribution in [0.2, 0.25) is 5.02 Å². The van der Waals surface area contributed by atoms with Crippen LogP contribution in [0.3, 0.4) is 0 Å². The highest BCUT2D eigenvalue weighted by atomic mass is 35.5. The van der Waals surface area contributed by atoms with E-state index in [9.17, 15) is 17.6 Å². The molecule has 106 valence electrons. The summed E-state index contributed by atoms with van der Waals surface area (Å²) in [7, 11) is 0. The molecule has 1 fully saturated rings. The molecule has 1 aromatic carbocycles. The molecule has 0 atom stereocenters. The molecule has 0 saturated carbocycles. The lowest BCUT2D eigenvalue weighted by Crippen LogP contribution is -2.39. The first-order chi connectivity index (χ1) is 8.79. The number of nitrogens with zero attached hydrogens (tertiary/aromatic N) is 1. The van der Waals surface area contributed by atoms with E-state index in [-0.39, 0.29) is 36.6 Å². The summed E-state index contributed by atoms with van der Waals surface area (Å²) in [6.45, 7) is 0.408. The lowest BCUT2D eigenvalue weighted by Gasteiger charge is -2.35. The molecule has 0 radical (unpaired) electrons. The van der Waals surface area contributed by atoms with Crippen LogP contribution in [-0.2, 0) is 0 Å². The van der Waals surface area contributed by atoms with Crippen LogP contribution in [0, 0.1) is 11.7 Å². The predicted molar refractivity (Wildman–Crippen MR) is 66.8 cm³/mol. The minimum absolute atomic E-state index is 0.00676. The Morgan fingerprint density at radius 3 is 2.32 bits per heavy atom. The Balaban J connectivity index is 2.12. The molecule has 2 rings (SSSR count). The molecule has 0 spiro atoms. The summed E-state index contributed by atoms with van der Waals surface area (Å²) >= 11 is 5.59. The number of halogens is 5. The second kappa shape index (κ2) is 5.07. The van der Waals surface area contributed by atoms with Gasteiger partial charge in [0.25, 0.3) is 0 Å². The van der Waals surface area contributed by atoms with Crippen molar-refractivity contribution in [1.29, 1.82) is 0 Å². The van der Waals surface area contributed by atoms with E-state index in [0.29, 0.717) is 5.69 Å². The molecule has 2 N–H and O–H groups in total. The molecule has 0 aliphatic carbocycles. The average Bonchev–Trinajstić information content (AvgIpc) is 2.33. The number of rotatable bonds is 1. The fraction of sp³-hybridized carbons (Fsp3) is 0.500. The highest BCUT2D eigenvalue weighted by Crippen LogP contribution is 2.37. The number of benzene rings is 1. The average molecular weight is 297 g/mol. The molecule has 0 amide bonds. The number of hydrogen-bond donors (Lipinski definition) is 1. The smallest absolute Gasteiger partial charge is 0.391 e. The third kappa shape index (κ3) is 3.05. The summed E-state index contributed by atoms with van der Waals surface area (Å²) in [5.74, 6) is -1.91. The van der Waals surface area contributed by atoms with E-state index in [1.165, 1.54) is 12.1 Å². The van der Waals surface area contributed by atoms with Crippen molar-refractivity contribution >= 4 is 23.0 Å². The van der Waals surface area contributed by atoms with E-state index in [0.717, 1.165) is 0 Å². The van der Waals surface area contributed by atoms with Crippen molar-refractivity contribution in [2.24, 2.45) is 5.92 Å². The van der Waals surface area contributed by atoms with E-state index < -0.39 is 17.9 Å². The zero-order valence-electron chi connectivity index (χ0n) is 9.97. The zero-order valence-corrected chi connectivity index (χ0v) is 10.7. The monoisotopic (exact) mass is 296 g/mol. The minimum Gasteiger partial charge on any atom is -0.397 e. The molecular weight excluding hydrogens is 284 g/mol. The minimum atomic E-state index is -4.16. The van der Waals surface area contributed by atoms with Gasteiger partial charge in [0.05, 0.1) is 22.3 Å². The quantitative estimate of drug-likeness (QED) is 0.630. The SMILES string of the molecule is Nc1cc(Cl)c(F)cc1N1CCC(C(F)(F)F)CC1. The summed E-state index contributed by atoms with van der Waals surface area (Å²) in [6.07, 6.45) is -4.18. The van der Waals surface area contributed by atoms with Gasteiger partial charge >= 0.3 is 6.18 Å². The number of nitrogen functional groups attached to an aromatic ring is 1. The van der Waals surface area contributed by atoms with Crippen molar-refractivity contribution in [3.63, 3.8) is 0 Å². The summed E-state index contributed by atoms with van der Waals surface area (Å²) in [6, 6.07) is 2.45. The van der Waals surface area contributed by atoms with Crippen molar-refractivity contribution in [2.75, 3.05) is 23.7 Å². The van der Waals surface area contributed by atoms with Crippen molar-refractivity contribution < 1.29 is 17.6 Å². The van der Waals surface area contributed by atoms with Gasteiger partial charge in [0.1, 0.15) is 5.82 Å². The Kier molecular flexibility index (Phi) is 3.80. The Bertz CT molecular complexity index is 468. The maximum absolute atomic E-state index is 13.4. The molecule has 0 unspecified atom stereocenters. The van der Waals surface area contributed by atoms with Crippen LogP contribution in [-0.4, -0.2) is 19.3 Å². The van der Waals surface area contributed by atoms with Crippen molar-refractivity contribution in [1.82, 2.24) is 0 Å². The predicted octanol–water partition coefficient (Wildman–Crippen LogP) is 3.84. The second-order valence-electron chi connectivity index (χ2n) is 4.63. The molecule has 1 aliphatic rings. The molecule has 0 aromatic heterocycles. The molecule has 7 heteroatoms. The Hall–Kier alpha value is -1.17. The second-order valence-corrected chi connectivity index (χ2v) is 5.04. The Labute approximate surface area is 113 Å². The van der Waals surface area contributed by atoms with Gasteiger partial charge in [0.15, 0.2) is 0 Å². The summed E-state index contributed by atoms with van der Waals surface area (Å²) in [5, 5.41) is -0.0913. The number of alkyl halides is 3. The van der Waals surface area contributed by atoms with Crippen LogP contribution >= 0.6 is 11.6 Å². The first-order valence-corrected chi connectivity index (χ1v) is 6.23. The number of hydrogen-bond acceptors (Lipinski definition) is 2. The molecule has 1 saturated heterocycles. The summed E-state index contributed by atoms with van der Waals surface area (Å²) < 4.78 is 51.0. The third-order valence-electron chi connectivity index (χ3n) is 3.37. The van der Waals surface area contributed by atoms with Gasteiger partial charge in [-0.15, -0.1) is 0 Å². The maximum atomic E-state index is 13.4. The lowest BCUT2D eigenvalue weighted by atomic mass is 9.96. The topological polar surface area (TPSA) is 29.3 Å². The van der Waals surface area contributed by atoms with Crippen LogP contribution < -0.4 is 10.6 Å². The van der Waals surface area contributed by atoms with E-state index in [4.69, 9.17) is 17.3 Å². The first-order valence-electron chi connectivity index (χ1n) is 5.85. The Morgan fingerprint density at radius 1 is 1.21 bits per heavy atom. The van der Waals surface area contributed by atoms with Gasteiger partial charge < -0.3 is 10.6 Å². The highest BCUT2D eigenvalue weighted by Gasteiger charge is 2.41. The number of nitrogens with two attached hydrogens (primary N) is 1. The fourth-order valence-corrected chi connectivity index (χ4v) is 2.45. The fourth-order valence-electron chi connectivity index (χ4n) is 2.27. The molecule has 2 nitrogen and oxygen atoms in total. The Morgan fingerprint density at radius 2 is 1.79 bits per heavy atom. The van der Waals surface area contributed by atoms with Crippen molar-refractivity contribution in [3.8, 4) is 0 Å².